The number of nitrogens with zero attached hydrogens (tertiary/aromatic N) is 2. The van der Waals surface area contributed by atoms with Crippen molar-refractivity contribution in [3.05, 3.63) is 33.9 Å². The number of carboxylic acid groups (broad SMARTS) is 1. The fraction of sp³-hybridized carbons (Fsp3) is 0.462. The van der Waals surface area contributed by atoms with Gasteiger partial charge in [0.05, 0.1) is 4.92 Å². The lowest BCUT2D eigenvalue weighted by molar-refractivity contribution is -0.384. The number of nitro benzene ring substituents is 1. The van der Waals surface area contributed by atoms with E-state index in [0.29, 0.717) is 30.6 Å². The van der Waals surface area contributed by atoms with Crippen LogP contribution in [0.4, 0.5) is 11.4 Å². The standard InChI is InChI=1S/C13H16N2O4/c1-9-5-3-6-10(11(9)15(18)19)14-8-4-7-13(14,2)12(16)17/h3,5-6H,4,7-8H2,1-2H3,(H,16,17). The molecule has 0 amide bonds. The molecule has 2 rings (SSSR count). The monoisotopic (exact) mass is 264 g/mol. The van der Waals surface area contributed by atoms with Gasteiger partial charge < -0.3 is 10.0 Å². The summed E-state index contributed by atoms with van der Waals surface area (Å²) in [4.78, 5) is 23.9. The number of hydrogen-bond donors (Lipinski definition) is 1. The fourth-order valence-electron chi connectivity index (χ4n) is 2.67. The quantitative estimate of drug-likeness (QED) is 0.669. The van der Waals surface area contributed by atoms with Gasteiger partial charge in [-0.25, -0.2) is 4.79 Å². The molecule has 0 aromatic heterocycles. The van der Waals surface area contributed by atoms with Gasteiger partial charge in [-0.3, -0.25) is 10.1 Å². The molecule has 6 nitrogen and oxygen atoms in total. The predicted octanol–water partition coefficient (Wildman–Crippen LogP) is 2.35. The highest BCUT2D eigenvalue weighted by molar-refractivity contribution is 5.85. The van der Waals surface area contributed by atoms with Crippen molar-refractivity contribution in [2.45, 2.75) is 32.2 Å². The Morgan fingerprint density at radius 3 is 2.79 bits per heavy atom. The molecule has 1 heterocycles. The van der Waals surface area contributed by atoms with Crippen molar-refractivity contribution in [1.29, 1.82) is 0 Å². The van der Waals surface area contributed by atoms with E-state index >= 15 is 0 Å². The maximum absolute atomic E-state index is 11.5. The molecule has 1 N–H and O–H groups in total. The molecule has 1 aliphatic rings. The van der Waals surface area contributed by atoms with Crippen molar-refractivity contribution in [2.75, 3.05) is 11.4 Å². The molecule has 102 valence electrons. The SMILES string of the molecule is Cc1cccc(N2CCCC2(C)C(=O)O)c1[N+](=O)[O-]. The summed E-state index contributed by atoms with van der Waals surface area (Å²) >= 11 is 0. The average molecular weight is 264 g/mol. The van der Waals surface area contributed by atoms with Crippen LogP contribution in [0.1, 0.15) is 25.3 Å². The van der Waals surface area contributed by atoms with E-state index in [0.717, 1.165) is 0 Å². The topological polar surface area (TPSA) is 83.7 Å². The molecular formula is C13H16N2O4. The van der Waals surface area contributed by atoms with E-state index in [1.807, 2.05) is 0 Å². The largest absolute Gasteiger partial charge is 0.480 e. The van der Waals surface area contributed by atoms with Crippen LogP contribution in [-0.2, 0) is 4.79 Å². The number of carboxylic acids is 1. The van der Waals surface area contributed by atoms with E-state index in [1.165, 1.54) is 0 Å². The molecular weight excluding hydrogens is 248 g/mol. The van der Waals surface area contributed by atoms with Gasteiger partial charge in [-0.15, -0.1) is 0 Å². The lowest BCUT2D eigenvalue weighted by atomic mass is 9.98. The minimum Gasteiger partial charge on any atom is -0.480 e. The number of hydrogen-bond acceptors (Lipinski definition) is 4. The minimum absolute atomic E-state index is 0.00289. The van der Waals surface area contributed by atoms with Crippen LogP contribution in [-0.4, -0.2) is 28.1 Å². The van der Waals surface area contributed by atoms with Gasteiger partial charge in [0, 0.05) is 12.1 Å². The number of para-hydroxylation sites is 1. The summed E-state index contributed by atoms with van der Waals surface area (Å²) in [5.41, 5.74) is -0.134. The molecule has 6 heteroatoms. The first-order valence-electron chi connectivity index (χ1n) is 6.13. The smallest absolute Gasteiger partial charge is 0.329 e. The van der Waals surface area contributed by atoms with Crippen LogP contribution >= 0.6 is 0 Å². The van der Waals surface area contributed by atoms with Gasteiger partial charge in [-0.2, -0.15) is 0 Å². The molecule has 0 spiro atoms. The second-order valence-electron chi connectivity index (χ2n) is 5.03. The van der Waals surface area contributed by atoms with Gasteiger partial charge in [0.1, 0.15) is 11.2 Å². The third kappa shape index (κ3) is 2.03. The van der Waals surface area contributed by atoms with E-state index in [4.69, 9.17) is 0 Å². The van der Waals surface area contributed by atoms with Gasteiger partial charge in [0.15, 0.2) is 0 Å². The maximum Gasteiger partial charge on any atom is 0.329 e. The lowest BCUT2D eigenvalue weighted by Crippen LogP contribution is -2.48. The van der Waals surface area contributed by atoms with Crippen molar-refractivity contribution in [3.63, 3.8) is 0 Å². The molecule has 19 heavy (non-hydrogen) atoms. The predicted molar refractivity (Wildman–Crippen MR) is 70.5 cm³/mol. The maximum atomic E-state index is 11.5. The normalized spacial score (nSPS) is 22.5. The van der Waals surface area contributed by atoms with Gasteiger partial charge in [-0.05, 0) is 32.8 Å². The molecule has 0 aliphatic carbocycles. The first-order valence-corrected chi connectivity index (χ1v) is 6.13. The summed E-state index contributed by atoms with van der Waals surface area (Å²) in [5.74, 6) is -0.944. The Morgan fingerprint density at radius 2 is 2.21 bits per heavy atom. The fourth-order valence-corrected chi connectivity index (χ4v) is 2.67. The second-order valence-corrected chi connectivity index (χ2v) is 5.03. The zero-order valence-electron chi connectivity index (χ0n) is 10.9. The van der Waals surface area contributed by atoms with Gasteiger partial charge >= 0.3 is 5.97 Å². The van der Waals surface area contributed by atoms with Crippen molar-refractivity contribution in [2.24, 2.45) is 0 Å². The Balaban J connectivity index is 2.56. The lowest BCUT2D eigenvalue weighted by Gasteiger charge is -2.32. The number of benzene rings is 1. The molecule has 1 aromatic rings. The molecule has 0 saturated carbocycles. The van der Waals surface area contributed by atoms with E-state index in [1.54, 1.807) is 36.9 Å². The number of nitro groups is 1. The molecule has 1 aliphatic heterocycles. The zero-order valence-corrected chi connectivity index (χ0v) is 10.9. The Labute approximate surface area is 110 Å². The molecule has 0 bridgehead atoms. The van der Waals surface area contributed by atoms with Crippen LogP contribution in [0.5, 0.6) is 0 Å². The van der Waals surface area contributed by atoms with Crippen LogP contribution in [0.15, 0.2) is 18.2 Å². The van der Waals surface area contributed by atoms with Crippen LogP contribution in [0.3, 0.4) is 0 Å². The van der Waals surface area contributed by atoms with E-state index < -0.39 is 16.4 Å². The van der Waals surface area contributed by atoms with Crippen LogP contribution < -0.4 is 4.90 Å². The summed E-state index contributed by atoms with van der Waals surface area (Å²) in [6, 6.07) is 5.01. The minimum atomic E-state index is -1.07. The van der Waals surface area contributed by atoms with E-state index in [2.05, 4.69) is 0 Å². The Morgan fingerprint density at radius 1 is 1.53 bits per heavy atom. The third-order valence-corrected chi connectivity index (χ3v) is 3.79. The van der Waals surface area contributed by atoms with Crippen molar-refractivity contribution in [1.82, 2.24) is 0 Å². The second kappa shape index (κ2) is 4.53. The average Bonchev–Trinajstić information content (AvgIpc) is 2.71. The van der Waals surface area contributed by atoms with Crippen LogP contribution in [0, 0.1) is 17.0 Å². The third-order valence-electron chi connectivity index (χ3n) is 3.79. The molecule has 1 unspecified atom stereocenters. The van der Waals surface area contributed by atoms with E-state index in [-0.39, 0.29) is 5.69 Å². The number of anilines is 1. The van der Waals surface area contributed by atoms with Crippen molar-refractivity contribution in [3.8, 4) is 0 Å². The Kier molecular flexibility index (Phi) is 3.18. The number of aryl methyl sites for hydroxylation is 1. The molecule has 1 fully saturated rings. The number of carbonyl (C=O) groups is 1. The summed E-state index contributed by atoms with van der Waals surface area (Å²) in [6.07, 6.45) is 1.21. The summed E-state index contributed by atoms with van der Waals surface area (Å²) in [7, 11) is 0. The number of aliphatic carboxylic acids is 1. The van der Waals surface area contributed by atoms with Crippen LogP contribution in [0.2, 0.25) is 0 Å². The van der Waals surface area contributed by atoms with Gasteiger partial charge in [0.2, 0.25) is 0 Å². The molecule has 1 aromatic carbocycles. The first-order chi connectivity index (χ1) is 8.88. The van der Waals surface area contributed by atoms with Crippen molar-refractivity contribution < 1.29 is 14.8 Å². The van der Waals surface area contributed by atoms with Gasteiger partial charge in [-0.1, -0.05) is 12.1 Å². The highest BCUT2D eigenvalue weighted by atomic mass is 16.6. The molecule has 1 atom stereocenters. The highest BCUT2D eigenvalue weighted by Crippen LogP contribution is 2.40. The van der Waals surface area contributed by atoms with Crippen molar-refractivity contribution >= 4 is 17.3 Å². The zero-order chi connectivity index (χ0) is 14.2. The number of rotatable bonds is 3. The first kappa shape index (κ1) is 13.3. The van der Waals surface area contributed by atoms with Crippen LogP contribution in [0.25, 0.3) is 0 Å². The highest BCUT2D eigenvalue weighted by Gasteiger charge is 2.45. The summed E-state index contributed by atoms with van der Waals surface area (Å²) in [6.45, 7) is 3.80. The summed E-state index contributed by atoms with van der Waals surface area (Å²) < 4.78 is 0. The van der Waals surface area contributed by atoms with Gasteiger partial charge in [0.25, 0.3) is 5.69 Å². The molecule has 1 saturated heterocycles. The molecule has 0 radical (unpaired) electrons. The summed E-state index contributed by atoms with van der Waals surface area (Å²) in [5, 5.41) is 20.6. The Bertz CT molecular complexity index is 543. The Hall–Kier alpha value is -2.11. The van der Waals surface area contributed by atoms with E-state index in [9.17, 15) is 20.0 Å².